The number of nitrogens with zero attached hydrogens (tertiary/aromatic N) is 1. The van der Waals surface area contributed by atoms with Crippen molar-refractivity contribution in [2.24, 2.45) is 0 Å². The number of methoxy groups -OCH3 is 5. The lowest BCUT2D eigenvalue weighted by Crippen LogP contribution is -3.00. The molecule has 0 amide bonds. The molecule has 194 valence electrons. The van der Waals surface area contributed by atoms with Gasteiger partial charge in [0.15, 0.2) is 35.7 Å². The Morgan fingerprint density at radius 3 is 2.05 bits per heavy atom. The number of hydrogen-bond donors (Lipinski definition) is 0. The van der Waals surface area contributed by atoms with Crippen LogP contribution in [0.25, 0.3) is 22.0 Å². The van der Waals surface area contributed by atoms with Gasteiger partial charge in [0, 0.05) is 18.6 Å². The van der Waals surface area contributed by atoms with E-state index in [0.29, 0.717) is 29.6 Å². The first-order valence-electron chi connectivity index (χ1n) is 11.7. The van der Waals surface area contributed by atoms with Gasteiger partial charge < -0.3 is 45.4 Å². The topological polar surface area (TPSA) is 59.3 Å². The van der Waals surface area contributed by atoms with Gasteiger partial charge in [-0.15, -0.1) is 0 Å². The summed E-state index contributed by atoms with van der Waals surface area (Å²) in [6.45, 7) is 1.18. The molecule has 37 heavy (non-hydrogen) atoms. The summed E-state index contributed by atoms with van der Waals surface area (Å²) >= 11 is 0. The Balaban J connectivity index is 0.00000320. The SMILES string of the molecule is COc1cc(COc2c(OC)ccc3cc4[n+](cc23)CCc2cc(OC)c(OC)cc2-4)cc(OC)c1.[Br-]. The van der Waals surface area contributed by atoms with Crippen LogP contribution in [0, 0.1) is 0 Å². The standard InChI is InChI=1S/C29H30NO6.BrH/c1-31-21-10-18(11-22(14-21)32-2)17-36-29-24-16-30-9-8-20-13-27(34-4)28(35-5)15-23(20)25(30)12-19(24)6-7-26(29)33-3;/h6-7,10-16H,8-9,17H2,1-5H3;1H/q+1;/p-1. The molecule has 0 bridgehead atoms. The van der Waals surface area contributed by atoms with E-state index in [1.165, 1.54) is 5.56 Å². The van der Waals surface area contributed by atoms with E-state index in [-0.39, 0.29) is 17.0 Å². The highest BCUT2D eigenvalue weighted by atomic mass is 79.9. The number of rotatable bonds is 8. The van der Waals surface area contributed by atoms with Crippen LogP contribution in [0.2, 0.25) is 0 Å². The second-order valence-electron chi connectivity index (χ2n) is 8.58. The molecule has 1 aromatic heterocycles. The molecule has 8 heteroatoms. The first-order chi connectivity index (χ1) is 17.6. The van der Waals surface area contributed by atoms with Gasteiger partial charge in [-0.05, 0) is 52.9 Å². The van der Waals surface area contributed by atoms with Crippen LogP contribution in [-0.4, -0.2) is 35.5 Å². The zero-order valence-corrected chi connectivity index (χ0v) is 23.2. The normalized spacial score (nSPS) is 11.6. The van der Waals surface area contributed by atoms with Crippen LogP contribution >= 0.6 is 0 Å². The zero-order valence-electron chi connectivity index (χ0n) is 21.6. The fraction of sp³-hybridized carbons (Fsp3) is 0.276. The lowest BCUT2D eigenvalue weighted by atomic mass is 9.95. The number of aryl methyl sites for hydroxylation is 2. The average Bonchev–Trinajstić information content (AvgIpc) is 2.93. The van der Waals surface area contributed by atoms with Crippen LogP contribution in [0.15, 0.2) is 54.7 Å². The first-order valence-corrected chi connectivity index (χ1v) is 11.7. The third-order valence-corrected chi connectivity index (χ3v) is 6.60. The number of ether oxygens (including phenoxy) is 6. The lowest BCUT2D eigenvalue weighted by Gasteiger charge is -2.19. The summed E-state index contributed by atoms with van der Waals surface area (Å²) in [4.78, 5) is 0. The molecule has 0 aliphatic carbocycles. The number of benzene rings is 3. The molecule has 1 aliphatic rings. The maximum atomic E-state index is 6.37. The minimum absolute atomic E-state index is 0. The van der Waals surface area contributed by atoms with E-state index < -0.39 is 0 Å². The molecule has 0 N–H and O–H groups in total. The third-order valence-electron chi connectivity index (χ3n) is 6.60. The van der Waals surface area contributed by atoms with Gasteiger partial charge in [0.1, 0.15) is 18.1 Å². The molecule has 0 saturated heterocycles. The second-order valence-corrected chi connectivity index (χ2v) is 8.58. The predicted molar refractivity (Wildman–Crippen MR) is 137 cm³/mol. The van der Waals surface area contributed by atoms with Crippen LogP contribution < -0.4 is 50.0 Å². The van der Waals surface area contributed by atoms with E-state index >= 15 is 0 Å². The maximum Gasteiger partial charge on any atom is 0.213 e. The highest BCUT2D eigenvalue weighted by Crippen LogP contribution is 2.40. The van der Waals surface area contributed by atoms with Crippen molar-refractivity contribution in [2.75, 3.05) is 35.5 Å². The summed E-state index contributed by atoms with van der Waals surface area (Å²) in [5.41, 5.74) is 4.44. The van der Waals surface area contributed by atoms with Crippen molar-refractivity contribution in [3.8, 4) is 45.8 Å². The Morgan fingerprint density at radius 2 is 1.41 bits per heavy atom. The van der Waals surface area contributed by atoms with Gasteiger partial charge in [0.05, 0.1) is 46.5 Å². The van der Waals surface area contributed by atoms with Crippen molar-refractivity contribution in [1.82, 2.24) is 0 Å². The van der Waals surface area contributed by atoms with E-state index in [2.05, 4.69) is 35.0 Å². The van der Waals surface area contributed by atoms with E-state index in [1.54, 1.807) is 35.5 Å². The highest BCUT2D eigenvalue weighted by molar-refractivity contribution is 5.91. The summed E-state index contributed by atoms with van der Waals surface area (Å²) in [7, 11) is 8.26. The van der Waals surface area contributed by atoms with Crippen molar-refractivity contribution in [1.29, 1.82) is 0 Å². The molecule has 7 nitrogen and oxygen atoms in total. The van der Waals surface area contributed by atoms with E-state index in [9.17, 15) is 0 Å². The Kier molecular flexibility index (Phi) is 7.97. The molecule has 5 rings (SSSR count). The van der Waals surface area contributed by atoms with Crippen LogP contribution in [0.1, 0.15) is 11.1 Å². The minimum atomic E-state index is 0. The molecular weight excluding hydrogens is 538 g/mol. The third kappa shape index (κ3) is 4.98. The van der Waals surface area contributed by atoms with Gasteiger partial charge in [-0.3, -0.25) is 0 Å². The Bertz CT molecular complexity index is 1420. The minimum Gasteiger partial charge on any atom is -1.00 e. The monoisotopic (exact) mass is 567 g/mol. The molecule has 0 radical (unpaired) electrons. The van der Waals surface area contributed by atoms with Gasteiger partial charge >= 0.3 is 0 Å². The largest absolute Gasteiger partial charge is 1.00 e. The van der Waals surface area contributed by atoms with Crippen LogP contribution in [0.3, 0.4) is 0 Å². The predicted octanol–water partition coefficient (Wildman–Crippen LogP) is 1.98. The van der Waals surface area contributed by atoms with Gasteiger partial charge in [-0.2, -0.15) is 4.57 Å². The fourth-order valence-electron chi connectivity index (χ4n) is 4.75. The van der Waals surface area contributed by atoms with Crippen LogP contribution in [0.5, 0.6) is 34.5 Å². The fourth-order valence-corrected chi connectivity index (χ4v) is 4.75. The van der Waals surface area contributed by atoms with E-state index in [1.807, 2.05) is 24.3 Å². The summed E-state index contributed by atoms with van der Waals surface area (Å²) < 4.78 is 36.2. The molecular formula is C29H30BrNO6. The summed E-state index contributed by atoms with van der Waals surface area (Å²) in [5.74, 6) is 4.28. The number of aromatic nitrogens is 1. The van der Waals surface area contributed by atoms with Crippen molar-refractivity contribution in [2.45, 2.75) is 19.6 Å². The maximum absolute atomic E-state index is 6.37. The quantitative estimate of drug-likeness (QED) is 0.303. The van der Waals surface area contributed by atoms with Crippen LogP contribution in [-0.2, 0) is 19.6 Å². The molecule has 0 spiro atoms. The Labute approximate surface area is 227 Å². The number of halogens is 1. The summed E-state index contributed by atoms with van der Waals surface area (Å²) in [6, 6.07) is 16.1. The molecule has 1 aliphatic heterocycles. The average molecular weight is 568 g/mol. The molecule has 0 saturated carbocycles. The van der Waals surface area contributed by atoms with Gasteiger partial charge in [-0.1, -0.05) is 0 Å². The van der Waals surface area contributed by atoms with E-state index in [0.717, 1.165) is 52.1 Å². The lowest BCUT2D eigenvalue weighted by molar-refractivity contribution is -0.686. The van der Waals surface area contributed by atoms with Gasteiger partial charge in [-0.25, -0.2) is 0 Å². The molecule has 0 fully saturated rings. The Morgan fingerprint density at radius 1 is 0.730 bits per heavy atom. The number of fused-ring (bicyclic) bond motifs is 4. The molecule has 4 aromatic rings. The molecule has 0 unspecified atom stereocenters. The molecule has 0 atom stereocenters. The van der Waals surface area contributed by atoms with Gasteiger partial charge in [0.2, 0.25) is 5.69 Å². The smallest absolute Gasteiger partial charge is 0.213 e. The summed E-state index contributed by atoms with van der Waals surface area (Å²) in [5, 5.41) is 2.04. The van der Waals surface area contributed by atoms with Crippen LogP contribution in [0.4, 0.5) is 0 Å². The number of pyridine rings is 1. The molecule has 2 heterocycles. The Hall–Kier alpha value is -3.65. The van der Waals surface area contributed by atoms with E-state index in [4.69, 9.17) is 28.4 Å². The number of hydrogen-bond acceptors (Lipinski definition) is 6. The molecule has 3 aromatic carbocycles. The van der Waals surface area contributed by atoms with Crippen molar-refractivity contribution < 1.29 is 50.0 Å². The second kappa shape index (κ2) is 11.2. The summed E-state index contributed by atoms with van der Waals surface area (Å²) in [6.07, 6.45) is 3.04. The van der Waals surface area contributed by atoms with Crippen molar-refractivity contribution >= 4 is 10.8 Å². The zero-order chi connectivity index (χ0) is 25.2. The van der Waals surface area contributed by atoms with Gasteiger partial charge in [0.25, 0.3) is 0 Å². The first kappa shape index (κ1) is 26.4. The highest BCUT2D eigenvalue weighted by Gasteiger charge is 2.27. The van der Waals surface area contributed by atoms with Crippen molar-refractivity contribution in [3.05, 3.63) is 65.9 Å². The van der Waals surface area contributed by atoms with Crippen molar-refractivity contribution in [3.63, 3.8) is 0 Å².